The number of hydrogen-bond acceptors (Lipinski definition) is 3. The van der Waals surface area contributed by atoms with Crippen LogP contribution < -0.4 is 4.90 Å². The second-order valence-electron chi connectivity index (χ2n) is 4.54. The van der Waals surface area contributed by atoms with Gasteiger partial charge in [0.05, 0.1) is 5.69 Å². The summed E-state index contributed by atoms with van der Waals surface area (Å²) in [4.78, 5) is 25.9. The minimum atomic E-state index is 0.172. The highest BCUT2D eigenvalue weighted by molar-refractivity contribution is 6.12. The van der Waals surface area contributed by atoms with Gasteiger partial charge >= 0.3 is 0 Å². The fourth-order valence-corrected chi connectivity index (χ4v) is 2.62. The summed E-state index contributed by atoms with van der Waals surface area (Å²) in [6.07, 6.45) is 1.15. The average Bonchev–Trinajstić information content (AvgIpc) is 2.27. The first-order valence-corrected chi connectivity index (χ1v) is 5.63. The van der Waals surface area contributed by atoms with Crippen LogP contribution >= 0.6 is 0 Å². The summed E-state index contributed by atoms with van der Waals surface area (Å²) in [7, 11) is 0. The van der Waals surface area contributed by atoms with Crippen molar-refractivity contribution < 1.29 is 9.59 Å². The molecule has 0 radical (unpaired) electrons. The molecule has 2 heterocycles. The van der Waals surface area contributed by atoms with Gasteiger partial charge in [-0.05, 0) is 24.6 Å². The topological polar surface area (TPSA) is 37.4 Å². The summed E-state index contributed by atoms with van der Waals surface area (Å²) in [6, 6.07) is 3.82. The number of anilines is 1. The Bertz CT molecular complexity index is 464. The van der Waals surface area contributed by atoms with E-state index in [0.717, 1.165) is 35.5 Å². The van der Waals surface area contributed by atoms with Gasteiger partial charge in [-0.15, -0.1) is 0 Å². The Morgan fingerprint density at radius 2 is 1.50 bits per heavy atom. The van der Waals surface area contributed by atoms with Crippen LogP contribution in [0, 0.1) is 6.92 Å². The highest BCUT2D eigenvalue weighted by Crippen LogP contribution is 2.35. The number of ketones is 2. The molecule has 0 aromatic heterocycles. The van der Waals surface area contributed by atoms with E-state index in [4.69, 9.17) is 0 Å². The number of carbonyl (C=O) groups is 2. The second-order valence-corrected chi connectivity index (χ2v) is 4.54. The Kier molecular flexibility index (Phi) is 1.90. The van der Waals surface area contributed by atoms with Gasteiger partial charge in [-0.1, -0.05) is 0 Å². The summed E-state index contributed by atoms with van der Waals surface area (Å²) >= 11 is 0. The first-order chi connectivity index (χ1) is 7.66. The summed E-state index contributed by atoms with van der Waals surface area (Å²) in [5, 5.41) is 0. The Labute approximate surface area is 94.1 Å². The van der Waals surface area contributed by atoms with E-state index in [1.54, 1.807) is 0 Å². The lowest BCUT2D eigenvalue weighted by Crippen LogP contribution is -2.38. The first-order valence-electron chi connectivity index (χ1n) is 5.63. The summed E-state index contributed by atoms with van der Waals surface area (Å²) in [5.41, 5.74) is 3.38. The van der Waals surface area contributed by atoms with Crippen LogP contribution in [0.3, 0.4) is 0 Å². The SMILES string of the molecule is Cc1cc2c3c(c1)C(=O)CCN3CCC2=O. The monoisotopic (exact) mass is 215 g/mol. The molecule has 0 saturated heterocycles. The zero-order valence-electron chi connectivity index (χ0n) is 9.25. The van der Waals surface area contributed by atoms with E-state index in [1.165, 1.54) is 0 Å². The van der Waals surface area contributed by atoms with Crippen LogP contribution in [0.1, 0.15) is 39.1 Å². The maximum absolute atomic E-state index is 11.8. The van der Waals surface area contributed by atoms with Crippen LogP contribution in [0.5, 0.6) is 0 Å². The first kappa shape index (κ1) is 9.58. The van der Waals surface area contributed by atoms with E-state index in [2.05, 4.69) is 4.90 Å². The van der Waals surface area contributed by atoms with Crippen LogP contribution in [-0.2, 0) is 0 Å². The molecule has 0 atom stereocenters. The highest BCUT2D eigenvalue weighted by Gasteiger charge is 2.31. The molecule has 0 saturated carbocycles. The number of hydrogen-bond donors (Lipinski definition) is 0. The molecule has 0 fully saturated rings. The summed E-state index contributed by atoms with van der Waals surface area (Å²) in [6.45, 7) is 3.45. The molecule has 0 bridgehead atoms. The van der Waals surface area contributed by atoms with Gasteiger partial charge in [-0.2, -0.15) is 0 Å². The van der Waals surface area contributed by atoms with E-state index in [0.29, 0.717) is 12.8 Å². The van der Waals surface area contributed by atoms with Gasteiger partial charge < -0.3 is 4.90 Å². The van der Waals surface area contributed by atoms with E-state index in [1.807, 2.05) is 19.1 Å². The molecule has 1 aromatic carbocycles. The van der Waals surface area contributed by atoms with Gasteiger partial charge in [-0.25, -0.2) is 0 Å². The lowest BCUT2D eigenvalue weighted by Gasteiger charge is -2.35. The Morgan fingerprint density at radius 1 is 1.00 bits per heavy atom. The Hall–Kier alpha value is -1.64. The minimum absolute atomic E-state index is 0.172. The van der Waals surface area contributed by atoms with Gasteiger partial charge in [-0.3, -0.25) is 9.59 Å². The third-order valence-corrected chi connectivity index (χ3v) is 3.39. The van der Waals surface area contributed by atoms with Crippen LogP contribution in [0.15, 0.2) is 12.1 Å². The summed E-state index contributed by atoms with van der Waals surface area (Å²) < 4.78 is 0. The lowest BCUT2D eigenvalue weighted by atomic mass is 9.89. The van der Waals surface area contributed by atoms with E-state index in [9.17, 15) is 9.59 Å². The van der Waals surface area contributed by atoms with E-state index >= 15 is 0 Å². The summed E-state index contributed by atoms with van der Waals surface area (Å²) in [5.74, 6) is 0.344. The third kappa shape index (κ3) is 1.21. The molecule has 3 nitrogen and oxygen atoms in total. The standard InChI is InChI=1S/C13H13NO2/c1-8-6-9-11(15)2-4-14-5-3-12(16)10(7-8)13(9)14/h6-7H,2-5H2,1H3. The molecule has 3 rings (SSSR count). The van der Waals surface area contributed by atoms with Gasteiger partial charge in [0, 0.05) is 37.1 Å². The van der Waals surface area contributed by atoms with E-state index in [-0.39, 0.29) is 11.6 Å². The third-order valence-electron chi connectivity index (χ3n) is 3.39. The molecule has 0 N–H and O–H groups in total. The van der Waals surface area contributed by atoms with Gasteiger partial charge in [0.2, 0.25) is 0 Å². The Balaban J connectivity index is 2.31. The van der Waals surface area contributed by atoms with Crippen molar-refractivity contribution in [2.45, 2.75) is 19.8 Å². The fourth-order valence-electron chi connectivity index (χ4n) is 2.62. The molecule has 3 heteroatoms. The van der Waals surface area contributed by atoms with Crippen molar-refractivity contribution in [3.63, 3.8) is 0 Å². The van der Waals surface area contributed by atoms with Gasteiger partial charge in [0.25, 0.3) is 0 Å². The van der Waals surface area contributed by atoms with Crippen LogP contribution in [-0.4, -0.2) is 24.7 Å². The fraction of sp³-hybridized carbons (Fsp3) is 0.385. The molecule has 0 unspecified atom stereocenters. The van der Waals surface area contributed by atoms with Crippen molar-refractivity contribution in [2.75, 3.05) is 18.0 Å². The molecule has 16 heavy (non-hydrogen) atoms. The van der Waals surface area contributed by atoms with Crippen molar-refractivity contribution in [3.05, 3.63) is 28.8 Å². The molecule has 1 aromatic rings. The zero-order chi connectivity index (χ0) is 11.3. The smallest absolute Gasteiger partial charge is 0.166 e. The predicted molar refractivity (Wildman–Crippen MR) is 61.3 cm³/mol. The molecule has 0 spiro atoms. The van der Waals surface area contributed by atoms with Gasteiger partial charge in [0.1, 0.15) is 0 Å². The molecule has 82 valence electrons. The highest BCUT2D eigenvalue weighted by atomic mass is 16.1. The normalized spacial score (nSPS) is 18.7. The number of benzene rings is 1. The van der Waals surface area contributed by atoms with Crippen molar-refractivity contribution in [1.29, 1.82) is 0 Å². The minimum Gasteiger partial charge on any atom is -0.369 e. The second kappa shape index (κ2) is 3.17. The van der Waals surface area contributed by atoms with Crippen molar-refractivity contribution in [2.24, 2.45) is 0 Å². The van der Waals surface area contributed by atoms with Crippen molar-refractivity contribution in [3.8, 4) is 0 Å². The number of nitrogens with zero attached hydrogens (tertiary/aromatic N) is 1. The quantitative estimate of drug-likeness (QED) is 0.664. The average molecular weight is 215 g/mol. The molecule has 0 amide bonds. The maximum atomic E-state index is 11.8. The lowest BCUT2D eigenvalue weighted by molar-refractivity contribution is 0.0969. The van der Waals surface area contributed by atoms with Crippen molar-refractivity contribution in [1.82, 2.24) is 0 Å². The Morgan fingerprint density at radius 3 is 2.00 bits per heavy atom. The molecule has 2 aliphatic rings. The number of aryl methyl sites for hydroxylation is 1. The molecule has 0 aliphatic carbocycles. The number of rotatable bonds is 0. The number of carbonyl (C=O) groups excluding carboxylic acids is 2. The van der Waals surface area contributed by atoms with Crippen LogP contribution in [0.2, 0.25) is 0 Å². The zero-order valence-corrected chi connectivity index (χ0v) is 9.25. The van der Waals surface area contributed by atoms with Crippen molar-refractivity contribution >= 4 is 17.3 Å². The number of Topliss-reactive ketones (excluding diaryl/α,β-unsaturated/α-hetero) is 2. The molecular weight excluding hydrogens is 202 g/mol. The molecule has 2 aliphatic heterocycles. The largest absolute Gasteiger partial charge is 0.369 e. The van der Waals surface area contributed by atoms with Crippen LogP contribution in [0.25, 0.3) is 0 Å². The van der Waals surface area contributed by atoms with Gasteiger partial charge in [0.15, 0.2) is 11.6 Å². The predicted octanol–water partition coefficient (Wildman–Crippen LogP) is 1.97. The van der Waals surface area contributed by atoms with Crippen LogP contribution in [0.4, 0.5) is 5.69 Å². The molecular formula is C13H13NO2. The maximum Gasteiger partial charge on any atom is 0.166 e. The van der Waals surface area contributed by atoms with E-state index < -0.39 is 0 Å².